The van der Waals surface area contributed by atoms with Crippen LogP contribution in [-0.2, 0) is 12.4 Å². The number of amides is 1. The number of hydrogen-bond acceptors (Lipinski definition) is 3. The molecule has 1 N–H and O–H groups in total. The van der Waals surface area contributed by atoms with E-state index in [1.165, 1.54) is 0 Å². The molecule has 0 spiro atoms. The van der Waals surface area contributed by atoms with Gasteiger partial charge in [0.15, 0.2) is 0 Å². The van der Waals surface area contributed by atoms with Crippen molar-refractivity contribution in [1.82, 2.24) is 10.3 Å². The van der Waals surface area contributed by atoms with Gasteiger partial charge in [-0.1, -0.05) is 24.3 Å². The van der Waals surface area contributed by atoms with Crippen molar-refractivity contribution in [2.45, 2.75) is 12.4 Å². The third-order valence-corrected chi connectivity index (χ3v) is 4.43. The van der Waals surface area contributed by atoms with E-state index >= 15 is 0 Å². The summed E-state index contributed by atoms with van der Waals surface area (Å²) in [5.74, 6) is 0.292. The van der Waals surface area contributed by atoms with Gasteiger partial charge in [0.25, 0.3) is 5.91 Å². The van der Waals surface area contributed by atoms with Gasteiger partial charge in [-0.15, -0.1) is 22.9 Å². The summed E-state index contributed by atoms with van der Waals surface area (Å²) in [4.78, 5) is 16.6. The number of aromatic nitrogens is 1. The molecule has 2 aromatic carbocycles. The van der Waals surface area contributed by atoms with Gasteiger partial charge in [-0.25, -0.2) is 4.98 Å². The minimum Gasteiger partial charge on any atom is -0.346 e. The van der Waals surface area contributed by atoms with Crippen LogP contribution >= 0.6 is 22.9 Å². The Bertz CT molecular complexity index is 752. The van der Waals surface area contributed by atoms with E-state index in [1.54, 1.807) is 23.5 Å². The van der Waals surface area contributed by atoms with E-state index in [4.69, 9.17) is 11.6 Å². The Kier molecular flexibility index (Phi) is 4.18. The lowest BCUT2D eigenvalue weighted by atomic mass is 10.1. The molecule has 0 aliphatic rings. The highest BCUT2D eigenvalue weighted by Crippen LogP contribution is 2.21. The number of halogens is 1. The number of hydrogen-bond donors (Lipinski definition) is 1. The maximum Gasteiger partial charge on any atom is 0.251 e. The Morgan fingerprint density at radius 2 is 2.05 bits per heavy atom. The molecule has 0 bridgehead atoms. The van der Waals surface area contributed by atoms with Crippen LogP contribution in [0.25, 0.3) is 10.2 Å². The van der Waals surface area contributed by atoms with Crippen LogP contribution in [-0.4, -0.2) is 10.9 Å². The van der Waals surface area contributed by atoms with Crippen LogP contribution in [0, 0.1) is 0 Å². The zero-order chi connectivity index (χ0) is 14.7. The van der Waals surface area contributed by atoms with Gasteiger partial charge in [-0.3, -0.25) is 4.79 Å². The second kappa shape index (κ2) is 6.24. The smallest absolute Gasteiger partial charge is 0.251 e. The number of carbonyl (C=O) groups excluding carboxylic acids is 1. The number of para-hydroxylation sites is 1. The van der Waals surface area contributed by atoms with Gasteiger partial charge in [-0.2, -0.15) is 0 Å². The molecule has 3 rings (SSSR count). The number of fused-ring (bicyclic) bond motifs is 1. The summed E-state index contributed by atoms with van der Waals surface area (Å²) < 4.78 is 1.13. The molecule has 3 aromatic rings. The molecule has 0 aliphatic carbocycles. The molecule has 0 unspecified atom stereocenters. The van der Waals surface area contributed by atoms with E-state index < -0.39 is 0 Å². The van der Waals surface area contributed by atoms with Crippen molar-refractivity contribution in [3.05, 3.63) is 64.7 Å². The standard InChI is InChI=1S/C16H13ClN2OS/c17-9-11-4-3-5-12(8-11)16(20)18-10-15-19-13-6-1-2-7-14(13)21-15/h1-8H,9-10H2,(H,18,20). The highest BCUT2D eigenvalue weighted by molar-refractivity contribution is 7.18. The number of rotatable bonds is 4. The first kappa shape index (κ1) is 14.0. The van der Waals surface area contributed by atoms with Gasteiger partial charge < -0.3 is 5.32 Å². The minimum absolute atomic E-state index is 0.110. The summed E-state index contributed by atoms with van der Waals surface area (Å²) in [7, 11) is 0. The Hall–Kier alpha value is -1.91. The summed E-state index contributed by atoms with van der Waals surface area (Å²) in [6.07, 6.45) is 0. The molecule has 0 fully saturated rings. The molecule has 1 heterocycles. The van der Waals surface area contributed by atoms with E-state index in [0.29, 0.717) is 18.0 Å². The van der Waals surface area contributed by atoms with Gasteiger partial charge in [-0.05, 0) is 29.8 Å². The van der Waals surface area contributed by atoms with Crippen LogP contribution in [0.15, 0.2) is 48.5 Å². The average molecular weight is 317 g/mol. The summed E-state index contributed by atoms with van der Waals surface area (Å²) in [5.41, 5.74) is 2.52. The van der Waals surface area contributed by atoms with E-state index in [9.17, 15) is 4.79 Å². The first-order chi connectivity index (χ1) is 10.3. The van der Waals surface area contributed by atoms with Gasteiger partial charge in [0.2, 0.25) is 0 Å². The normalized spacial score (nSPS) is 10.7. The molecule has 0 saturated heterocycles. The lowest BCUT2D eigenvalue weighted by Crippen LogP contribution is -2.22. The maximum atomic E-state index is 12.1. The van der Waals surface area contributed by atoms with Crippen molar-refractivity contribution < 1.29 is 4.79 Å². The van der Waals surface area contributed by atoms with Crippen molar-refractivity contribution in [2.24, 2.45) is 0 Å². The monoisotopic (exact) mass is 316 g/mol. The largest absolute Gasteiger partial charge is 0.346 e. The van der Waals surface area contributed by atoms with E-state index in [-0.39, 0.29) is 5.91 Å². The molecule has 1 amide bonds. The number of carbonyl (C=O) groups is 1. The molecule has 0 radical (unpaired) electrons. The summed E-state index contributed by atoms with van der Waals surface area (Å²) in [5, 5.41) is 3.79. The number of nitrogens with one attached hydrogen (secondary N) is 1. The molecule has 106 valence electrons. The van der Waals surface area contributed by atoms with Gasteiger partial charge >= 0.3 is 0 Å². The number of benzene rings is 2. The Morgan fingerprint density at radius 3 is 2.86 bits per heavy atom. The lowest BCUT2D eigenvalue weighted by Gasteiger charge is -2.04. The second-order valence-corrected chi connectivity index (χ2v) is 5.97. The molecular weight excluding hydrogens is 304 g/mol. The molecular formula is C16H13ClN2OS. The predicted molar refractivity (Wildman–Crippen MR) is 86.8 cm³/mol. The molecule has 0 aliphatic heterocycles. The Morgan fingerprint density at radius 1 is 1.19 bits per heavy atom. The fourth-order valence-electron chi connectivity index (χ4n) is 2.05. The molecule has 21 heavy (non-hydrogen) atoms. The molecule has 0 atom stereocenters. The first-order valence-electron chi connectivity index (χ1n) is 6.54. The van der Waals surface area contributed by atoms with Crippen LogP contribution < -0.4 is 5.32 Å². The fraction of sp³-hybridized carbons (Fsp3) is 0.125. The van der Waals surface area contributed by atoms with E-state index in [2.05, 4.69) is 10.3 Å². The van der Waals surface area contributed by atoms with Gasteiger partial charge in [0.1, 0.15) is 5.01 Å². The highest BCUT2D eigenvalue weighted by Gasteiger charge is 2.08. The van der Waals surface area contributed by atoms with Crippen molar-refractivity contribution >= 4 is 39.1 Å². The maximum absolute atomic E-state index is 12.1. The third kappa shape index (κ3) is 3.23. The van der Waals surface area contributed by atoms with Crippen LogP contribution in [0.5, 0.6) is 0 Å². The van der Waals surface area contributed by atoms with Crippen LogP contribution in [0.2, 0.25) is 0 Å². The molecule has 0 saturated carbocycles. The lowest BCUT2D eigenvalue weighted by molar-refractivity contribution is 0.0951. The summed E-state index contributed by atoms with van der Waals surface area (Å²) in [6.45, 7) is 0.434. The Labute approximate surface area is 131 Å². The van der Waals surface area contributed by atoms with Crippen molar-refractivity contribution in [2.75, 3.05) is 0 Å². The SMILES string of the molecule is O=C(NCc1nc2ccccc2s1)c1cccc(CCl)c1. The predicted octanol–water partition coefficient (Wildman–Crippen LogP) is 3.97. The average Bonchev–Trinajstić information content (AvgIpc) is 2.95. The second-order valence-electron chi connectivity index (χ2n) is 4.59. The van der Waals surface area contributed by atoms with Gasteiger partial charge in [0, 0.05) is 11.4 Å². The molecule has 3 nitrogen and oxygen atoms in total. The van der Waals surface area contributed by atoms with Crippen LogP contribution in [0.1, 0.15) is 20.9 Å². The van der Waals surface area contributed by atoms with Crippen LogP contribution in [0.3, 0.4) is 0 Å². The zero-order valence-corrected chi connectivity index (χ0v) is 12.7. The van der Waals surface area contributed by atoms with Crippen molar-refractivity contribution in [3.63, 3.8) is 0 Å². The van der Waals surface area contributed by atoms with Crippen LogP contribution in [0.4, 0.5) is 0 Å². The van der Waals surface area contributed by atoms with E-state index in [0.717, 1.165) is 20.8 Å². The summed E-state index contributed by atoms with van der Waals surface area (Å²) in [6, 6.07) is 15.3. The van der Waals surface area contributed by atoms with Crippen molar-refractivity contribution in [3.8, 4) is 0 Å². The zero-order valence-electron chi connectivity index (χ0n) is 11.2. The number of nitrogens with zero attached hydrogens (tertiary/aromatic N) is 1. The highest BCUT2D eigenvalue weighted by atomic mass is 35.5. The minimum atomic E-state index is -0.110. The summed E-state index contributed by atoms with van der Waals surface area (Å²) >= 11 is 7.38. The fourth-order valence-corrected chi connectivity index (χ4v) is 3.12. The topological polar surface area (TPSA) is 42.0 Å². The molecule has 5 heteroatoms. The Balaban J connectivity index is 1.70. The van der Waals surface area contributed by atoms with Gasteiger partial charge in [0.05, 0.1) is 16.8 Å². The van der Waals surface area contributed by atoms with E-state index in [1.807, 2.05) is 36.4 Å². The molecule has 1 aromatic heterocycles. The number of thiazole rings is 1. The van der Waals surface area contributed by atoms with Crippen molar-refractivity contribution in [1.29, 1.82) is 0 Å². The quantitative estimate of drug-likeness (QED) is 0.740. The third-order valence-electron chi connectivity index (χ3n) is 3.08. The first-order valence-corrected chi connectivity index (χ1v) is 7.89. The number of alkyl halides is 1.